The van der Waals surface area contributed by atoms with Crippen LogP contribution in [0.5, 0.6) is 0 Å². The van der Waals surface area contributed by atoms with Crippen LogP contribution in [0.4, 0.5) is 5.69 Å². The van der Waals surface area contributed by atoms with E-state index in [0.717, 1.165) is 30.6 Å². The topological polar surface area (TPSA) is 58.2 Å². The number of hydrogen-bond donors (Lipinski definition) is 2. The molecule has 2 N–H and O–H groups in total. The quantitative estimate of drug-likeness (QED) is 0.894. The molecule has 1 fully saturated rings. The van der Waals surface area contributed by atoms with Gasteiger partial charge in [0.05, 0.1) is 0 Å². The second kappa shape index (κ2) is 6.88. The average Bonchev–Trinajstić information content (AvgIpc) is 2.44. The largest absolute Gasteiger partial charge is 0.385 e. The fraction of sp³-hybridized carbons (Fsp3) is 0.533. The van der Waals surface area contributed by atoms with Gasteiger partial charge in [0.25, 0.3) is 5.91 Å². The molecule has 1 aromatic rings. The lowest BCUT2D eigenvalue weighted by Crippen LogP contribution is -2.39. The molecule has 2 rings (SSSR count). The normalized spacial score (nSPS) is 22.3. The predicted molar refractivity (Wildman–Crippen MR) is 83.7 cm³/mol. The van der Waals surface area contributed by atoms with E-state index in [4.69, 9.17) is 0 Å². The summed E-state index contributed by atoms with van der Waals surface area (Å²) in [6.07, 6.45) is 1.62. The van der Waals surface area contributed by atoms with Crippen molar-refractivity contribution in [3.8, 4) is 0 Å². The second-order valence-corrected chi connectivity index (χ2v) is 6.85. The van der Waals surface area contributed by atoms with Crippen LogP contribution in [0.25, 0.3) is 0 Å². The van der Waals surface area contributed by atoms with Crippen LogP contribution in [0.2, 0.25) is 0 Å². The van der Waals surface area contributed by atoms with Gasteiger partial charge in [-0.05, 0) is 50.5 Å². The number of nitrogens with one attached hydrogen (secondary N) is 2. The molecule has 1 aliphatic heterocycles. The highest BCUT2D eigenvalue weighted by molar-refractivity contribution is 7.85. The number of hydrogen-bond acceptors (Lipinski definition) is 3. The standard InChI is InChI=1S/C15H22N2O2S/c1-3-16-14-5-4-12(10-11(14)2)15(18)17-13-6-8-20(19)9-7-13/h4-5,10,13,16H,3,6-9H2,1-2H3,(H,17,18). The third kappa shape index (κ3) is 3.82. The Hall–Kier alpha value is -1.36. The van der Waals surface area contributed by atoms with E-state index in [1.54, 1.807) is 0 Å². The van der Waals surface area contributed by atoms with Crippen molar-refractivity contribution in [2.45, 2.75) is 32.7 Å². The predicted octanol–water partition coefficient (Wildman–Crippen LogP) is 2.07. The minimum atomic E-state index is -0.689. The van der Waals surface area contributed by atoms with Gasteiger partial charge in [0.15, 0.2) is 0 Å². The van der Waals surface area contributed by atoms with Crippen LogP contribution >= 0.6 is 0 Å². The van der Waals surface area contributed by atoms with Crippen LogP contribution in [0.1, 0.15) is 35.7 Å². The summed E-state index contributed by atoms with van der Waals surface area (Å²) < 4.78 is 11.3. The summed E-state index contributed by atoms with van der Waals surface area (Å²) in [6.45, 7) is 4.91. The molecule has 110 valence electrons. The highest BCUT2D eigenvalue weighted by Crippen LogP contribution is 2.17. The van der Waals surface area contributed by atoms with Crippen LogP contribution in [-0.2, 0) is 10.8 Å². The number of carbonyl (C=O) groups excluding carboxylic acids is 1. The Bertz CT molecular complexity index is 507. The summed E-state index contributed by atoms with van der Waals surface area (Å²) in [7, 11) is -0.689. The maximum atomic E-state index is 12.2. The first-order valence-corrected chi connectivity index (χ1v) is 8.59. The Balaban J connectivity index is 1.98. The van der Waals surface area contributed by atoms with E-state index in [0.29, 0.717) is 17.1 Å². The SMILES string of the molecule is CCNc1ccc(C(=O)NC2CCS(=O)CC2)cc1C. The Labute approximate surface area is 122 Å². The molecule has 0 unspecified atom stereocenters. The summed E-state index contributed by atoms with van der Waals surface area (Å²) in [4.78, 5) is 12.2. The molecule has 1 saturated heterocycles. The van der Waals surface area contributed by atoms with E-state index in [1.807, 2.05) is 32.0 Å². The summed E-state index contributed by atoms with van der Waals surface area (Å²) >= 11 is 0. The first-order valence-electron chi connectivity index (χ1n) is 7.10. The van der Waals surface area contributed by atoms with Gasteiger partial charge in [0, 0.05) is 46.1 Å². The molecule has 4 nitrogen and oxygen atoms in total. The van der Waals surface area contributed by atoms with Crippen molar-refractivity contribution in [1.29, 1.82) is 0 Å². The Morgan fingerprint density at radius 2 is 2.05 bits per heavy atom. The smallest absolute Gasteiger partial charge is 0.251 e. The lowest BCUT2D eigenvalue weighted by Gasteiger charge is -2.22. The van der Waals surface area contributed by atoms with Crippen LogP contribution < -0.4 is 10.6 Å². The van der Waals surface area contributed by atoms with Gasteiger partial charge in [-0.1, -0.05) is 0 Å². The first-order chi connectivity index (χ1) is 9.60. The van der Waals surface area contributed by atoms with Crippen molar-refractivity contribution >= 4 is 22.4 Å². The molecule has 0 aliphatic carbocycles. The van der Waals surface area contributed by atoms with Gasteiger partial charge in [-0.2, -0.15) is 0 Å². The Morgan fingerprint density at radius 1 is 1.35 bits per heavy atom. The molecule has 1 aromatic carbocycles. The van der Waals surface area contributed by atoms with Gasteiger partial charge in [0.2, 0.25) is 0 Å². The molecule has 1 heterocycles. The van der Waals surface area contributed by atoms with Crippen molar-refractivity contribution in [3.05, 3.63) is 29.3 Å². The van der Waals surface area contributed by atoms with E-state index >= 15 is 0 Å². The Kier molecular flexibility index (Phi) is 5.17. The van der Waals surface area contributed by atoms with E-state index in [9.17, 15) is 9.00 Å². The van der Waals surface area contributed by atoms with Crippen molar-refractivity contribution in [2.75, 3.05) is 23.4 Å². The summed E-state index contributed by atoms with van der Waals surface area (Å²) in [5, 5.41) is 6.30. The first kappa shape index (κ1) is 15.0. The summed E-state index contributed by atoms with van der Waals surface area (Å²) in [5.41, 5.74) is 2.83. The van der Waals surface area contributed by atoms with Gasteiger partial charge < -0.3 is 10.6 Å². The van der Waals surface area contributed by atoms with Gasteiger partial charge in [-0.3, -0.25) is 9.00 Å². The molecule has 5 heteroatoms. The number of carbonyl (C=O) groups is 1. The zero-order valence-corrected chi connectivity index (χ0v) is 12.9. The van der Waals surface area contributed by atoms with Gasteiger partial charge in [-0.25, -0.2) is 0 Å². The molecular weight excluding hydrogens is 272 g/mol. The number of aryl methyl sites for hydroxylation is 1. The molecule has 0 atom stereocenters. The zero-order chi connectivity index (χ0) is 14.5. The molecule has 0 bridgehead atoms. The number of anilines is 1. The molecular formula is C15H22N2O2S. The van der Waals surface area contributed by atoms with Crippen LogP contribution in [-0.4, -0.2) is 34.2 Å². The van der Waals surface area contributed by atoms with Crippen LogP contribution in [0.3, 0.4) is 0 Å². The number of rotatable bonds is 4. The maximum Gasteiger partial charge on any atom is 0.251 e. The third-order valence-electron chi connectivity index (χ3n) is 3.58. The number of amides is 1. The summed E-state index contributed by atoms with van der Waals surface area (Å²) in [6, 6.07) is 5.87. The minimum Gasteiger partial charge on any atom is -0.385 e. The highest BCUT2D eigenvalue weighted by Gasteiger charge is 2.20. The molecule has 0 aromatic heterocycles. The lowest BCUT2D eigenvalue weighted by atomic mass is 10.1. The van der Waals surface area contributed by atoms with Crippen molar-refractivity contribution in [2.24, 2.45) is 0 Å². The number of benzene rings is 1. The molecule has 1 amide bonds. The molecule has 0 radical (unpaired) electrons. The van der Waals surface area contributed by atoms with Gasteiger partial charge >= 0.3 is 0 Å². The van der Waals surface area contributed by atoms with Crippen LogP contribution in [0.15, 0.2) is 18.2 Å². The molecule has 1 aliphatic rings. The van der Waals surface area contributed by atoms with E-state index in [-0.39, 0.29) is 11.9 Å². The van der Waals surface area contributed by atoms with Crippen molar-refractivity contribution < 1.29 is 9.00 Å². The van der Waals surface area contributed by atoms with Gasteiger partial charge in [-0.15, -0.1) is 0 Å². The fourth-order valence-electron chi connectivity index (χ4n) is 2.40. The summed E-state index contributed by atoms with van der Waals surface area (Å²) in [5.74, 6) is 1.36. The van der Waals surface area contributed by atoms with Crippen molar-refractivity contribution in [1.82, 2.24) is 5.32 Å². The van der Waals surface area contributed by atoms with Crippen LogP contribution in [0, 0.1) is 6.92 Å². The van der Waals surface area contributed by atoms with E-state index in [2.05, 4.69) is 10.6 Å². The zero-order valence-electron chi connectivity index (χ0n) is 12.1. The Morgan fingerprint density at radius 3 is 2.65 bits per heavy atom. The highest BCUT2D eigenvalue weighted by atomic mass is 32.2. The third-order valence-corrected chi connectivity index (χ3v) is 4.96. The molecule has 0 spiro atoms. The second-order valence-electron chi connectivity index (χ2n) is 5.16. The van der Waals surface area contributed by atoms with Crippen molar-refractivity contribution in [3.63, 3.8) is 0 Å². The molecule has 20 heavy (non-hydrogen) atoms. The fourth-order valence-corrected chi connectivity index (χ4v) is 3.70. The minimum absolute atomic E-state index is 0.0335. The van der Waals surface area contributed by atoms with Gasteiger partial charge in [0.1, 0.15) is 0 Å². The average molecular weight is 294 g/mol. The van der Waals surface area contributed by atoms with E-state index in [1.165, 1.54) is 0 Å². The monoisotopic (exact) mass is 294 g/mol. The molecule has 0 saturated carbocycles. The van der Waals surface area contributed by atoms with E-state index < -0.39 is 10.8 Å². The maximum absolute atomic E-state index is 12.2. The lowest BCUT2D eigenvalue weighted by molar-refractivity contribution is 0.0934.